The molecule has 0 bridgehead atoms. The molecule has 0 aliphatic rings. The third kappa shape index (κ3) is 4.01. The van der Waals surface area contributed by atoms with Crippen molar-refractivity contribution >= 4 is 0 Å². The zero-order chi connectivity index (χ0) is 21.2. The molecule has 3 aromatic carbocycles. The quantitative estimate of drug-likeness (QED) is 0.611. The summed E-state index contributed by atoms with van der Waals surface area (Å²) in [7, 11) is 3.33. The van der Waals surface area contributed by atoms with Crippen LogP contribution in [0.3, 0.4) is 0 Å². The highest BCUT2D eigenvalue weighted by atomic mass is 16.5. The molecule has 0 amide bonds. The van der Waals surface area contributed by atoms with Gasteiger partial charge in [0, 0.05) is 6.42 Å². The molecule has 0 unspecified atom stereocenters. The van der Waals surface area contributed by atoms with Gasteiger partial charge in [-0.1, -0.05) is 30.3 Å². The van der Waals surface area contributed by atoms with Gasteiger partial charge in [-0.05, 0) is 90.9 Å². The second kappa shape index (κ2) is 8.30. The first-order chi connectivity index (χ1) is 13.8. The van der Waals surface area contributed by atoms with Crippen LogP contribution in [0.15, 0.2) is 54.6 Å². The van der Waals surface area contributed by atoms with Gasteiger partial charge in [-0.25, -0.2) is 0 Å². The van der Waals surface area contributed by atoms with Gasteiger partial charge >= 0.3 is 0 Å². The third-order valence-electron chi connectivity index (χ3n) is 5.82. The van der Waals surface area contributed by atoms with Crippen LogP contribution in [0, 0.1) is 27.7 Å². The SMILES string of the molecule is COc1ccc(C(O)(Cc2c(C)cccc2C)c2ccc(OC)c(C)c2)cc1C. The van der Waals surface area contributed by atoms with Crippen LogP contribution in [-0.4, -0.2) is 19.3 Å². The average molecular weight is 391 g/mol. The summed E-state index contributed by atoms with van der Waals surface area (Å²) in [4.78, 5) is 0. The maximum Gasteiger partial charge on any atom is 0.121 e. The number of methoxy groups -OCH3 is 2. The van der Waals surface area contributed by atoms with Crippen LogP contribution in [0.2, 0.25) is 0 Å². The molecule has 0 heterocycles. The molecular formula is C26H30O3. The number of ether oxygens (including phenoxy) is 2. The summed E-state index contributed by atoms with van der Waals surface area (Å²) >= 11 is 0. The van der Waals surface area contributed by atoms with Crippen LogP contribution in [0.25, 0.3) is 0 Å². The lowest BCUT2D eigenvalue weighted by Gasteiger charge is -2.32. The Bertz CT molecular complexity index is 947. The predicted octanol–water partition coefficient (Wildman–Crippen LogP) is 5.42. The van der Waals surface area contributed by atoms with Gasteiger partial charge in [0.25, 0.3) is 0 Å². The second-order valence-electron chi connectivity index (χ2n) is 7.78. The number of hydrogen-bond acceptors (Lipinski definition) is 3. The minimum absolute atomic E-state index is 0.489. The topological polar surface area (TPSA) is 38.7 Å². The molecule has 3 nitrogen and oxygen atoms in total. The first kappa shape index (κ1) is 20.9. The van der Waals surface area contributed by atoms with Crippen molar-refractivity contribution in [2.24, 2.45) is 0 Å². The van der Waals surface area contributed by atoms with E-state index in [9.17, 15) is 5.11 Å². The molecule has 152 valence electrons. The van der Waals surface area contributed by atoms with Crippen molar-refractivity contribution in [3.8, 4) is 11.5 Å². The standard InChI is InChI=1S/C26H30O3/c1-17-8-7-9-18(2)23(17)16-26(27,21-10-12-24(28-5)19(3)14-21)22-11-13-25(29-6)20(4)15-22/h7-15,27H,16H2,1-6H3. The van der Waals surface area contributed by atoms with Crippen molar-refractivity contribution < 1.29 is 14.6 Å². The second-order valence-corrected chi connectivity index (χ2v) is 7.78. The zero-order valence-electron chi connectivity index (χ0n) is 18.2. The van der Waals surface area contributed by atoms with Crippen molar-refractivity contribution in [3.63, 3.8) is 0 Å². The summed E-state index contributed by atoms with van der Waals surface area (Å²) in [5.74, 6) is 1.63. The number of rotatable bonds is 6. The van der Waals surface area contributed by atoms with Crippen LogP contribution in [0.1, 0.15) is 38.9 Å². The Morgan fingerprint density at radius 2 is 1.14 bits per heavy atom. The van der Waals surface area contributed by atoms with E-state index in [0.29, 0.717) is 6.42 Å². The Morgan fingerprint density at radius 3 is 1.52 bits per heavy atom. The molecule has 0 aliphatic carbocycles. The summed E-state index contributed by atoms with van der Waals surface area (Å²) in [5, 5.41) is 12.2. The summed E-state index contributed by atoms with van der Waals surface area (Å²) in [6, 6.07) is 18.1. The zero-order valence-corrected chi connectivity index (χ0v) is 18.2. The van der Waals surface area contributed by atoms with Crippen LogP contribution < -0.4 is 9.47 Å². The lowest BCUT2D eigenvalue weighted by molar-refractivity contribution is 0.0805. The highest BCUT2D eigenvalue weighted by Crippen LogP contribution is 2.38. The molecule has 3 rings (SSSR count). The summed E-state index contributed by atoms with van der Waals surface area (Å²) in [5.41, 5.74) is 6.04. The van der Waals surface area contributed by atoms with Crippen molar-refractivity contribution in [1.29, 1.82) is 0 Å². The highest BCUT2D eigenvalue weighted by molar-refractivity contribution is 5.48. The Balaban J connectivity index is 2.20. The molecule has 0 saturated heterocycles. The van der Waals surface area contributed by atoms with E-state index in [-0.39, 0.29) is 0 Å². The average Bonchev–Trinajstić information content (AvgIpc) is 2.70. The molecule has 0 fully saturated rings. The number of aliphatic hydroxyl groups is 1. The number of benzene rings is 3. The Morgan fingerprint density at radius 1 is 0.690 bits per heavy atom. The number of hydrogen-bond donors (Lipinski definition) is 1. The first-order valence-electron chi connectivity index (χ1n) is 9.88. The van der Waals surface area contributed by atoms with Gasteiger partial charge in [-0.2, -0.15) is 0 Å². The minimum Gasteiger partial charge on any atom is -0.496 e. The van der Waals surface area contributed by atoms with E-state index in [1.165, 1.54) is 11.1 Å². The fraction of sp³-hybridized carbons (Fsp3) is 0.308. The molecule has 29 heavy (non-hydrogen) atoms. The van der Waals surface area contributed by atoms with Crippen LogP contribution >= 0.6 is 0 Å². The third-order valence-corrected chi connectivity index (χ3v) is 5.82. The molecule has 3 heteroatoms. The van der Waals surface area contributed by atoms with Crippen molar-refractivity contribution in [2.75, 3.05) is 14.2 Å². The van der Waals surface area contributed by atoms with Crippen LogP contribution in [0.5, 0.6) is 11.5 Å². The summed E-state index contributed by atoms with van der Waals surface area (Å²) in [6.07, 6.45) is 0.489. The summed E-state index contributed by atoms with van der Waals surface area (Å²) < 4.78 is 10.9. The lowest BCUT2D eigenvalue weighted by Crippen LogP contribution is -2.31. The lowest BCUT2D eigenvalue weighted by atomic mass is 9.78. The molecule has 3 aromatic rings. The van der Waals surface area contributed by atoms with Gasteiger partial charge in [0.15, 0.2) is 0 Å². The van der Waals surface area contributed by atoms with E-state index in [4.69, 9.17) is 9.47 Å². The fourth-order valence-electron chi connectivity index (χ4n) is 4.03. The minimum atomic E-state index is -1.18. The van der Waals surface area contributed by atoms with Gasteiger partial charge in [-0.15, -0.1) is 0 Å². The van der Waals surface area contributed by atoms with Crippen LogP contribution in [-0.2, 0) is 12.0 Å². The van der Waals surface area contributed by atoms with E-state index in [2.05, 4.69) is 32.0 Å². The molecule has 0 aromatic heterocycles. The number of aryl methyl sites for hydroxylation is 4. The van der Waals surface area contributed by atoms with Crippen molar-refractivity contribution in [3.05, 3.63) is 93.5 Å². The monoisotopic (exact) mass is 390 g/mol. The van der Waals surface area contributed by atoms with Crippen LogP contribution in [0.4, 0.5) is 0 Å². The normalized spacial score (nSPS) is 11.4. The maximum atomic E-state index is 12.2. The molecule has 0 atom stereocenters. The smallest absolute Gasteiger partial charge is 0.121 e. The fourth-order valence-corrected chi connectivity index (χ4v) is 4.03. The van der Waals surface area contributed by atoms with E-state index < -0.39 is 5.60 Å². The van der Waals surface area contributed by atoms with Gasteiger partial charge < -0.3 is 14.6 Å². The molecule has 0 saturated carbocycles. The van der Waals surface area contributed by atoms with Gasteiger partial charge in [0.05, 0.1) is 14.2 Å². The summed E-state index contributed by atoms with van der Waals surface area (Å²) in [6.45, 7) is 8.20. The van der Waals surface area contributed by atoms with Gasteiger partial charge in [-0.3, -0.25) is 0 Å². The van der Waals surface area contributed by atoms with E-state index in [1.807, 2.05) is 50.2 Å². The van der Waals surface area contributed by atoms with Crippen molar-refractivity contribution in [1.82, 2.24) is 0 Å². The molecule has 0 aliphatic heterocycles. The van der Waals surface area contributed by atoms with E-state index in [1.54, 1.807) is 14.2 Å². The van der Waals surface area contributed by atoms with Gasteiger partial charge in [0.1, 0.15) is 17.1 Å². The largest absolute Gasteiger partial charge is 0.496 e. The van der Waals surface area contributed by atoms with E-state index in [0.717, 1.165) is 39.3 Å². The first-order valence-corrected chi connectivity index (χ1v) is 9.88. The highest BCUT2D eigenvalue weighted by Gasteiger charge is 2.34. The van der Waals surface area contributed by atoms with Gasteiger partial charge in [0.2, 0.25) is 0 Å². The molecule has 0 spiro atoms. The Kier molecular flexibility index (Phi) is 5.99. The van der Waals surface area contributed by atoms with Crippen molar-refractivity contribution in [2.45, 2.75) is 39.7 Å². The van der Waals surface area contributed by atoms with E-state index >= 15 is 0 Å². The molecule has 0 radical (unpaired) electrons. The predicted molar refractivity (Wildman–Crippen MR) is 118 cm³/mol. The Hall–Kier alpha value is -2.78. The maximum absolute atomic E-state index is 12.2. The Labute approximate surface area is 173 Å². The molecular weight excluding hydrogens is 360 g/mol. The molecule has 1 N–H and O–H groups in total.